The number of aromatic nitrogens is 3. The Kier molecular flexibility index (Phi) is 8.24. The number of halogens is 2. The van der Waals surface area contributed by atoms with Gasteiger partial charge in [0.05, 0.1) is 11.7 Å². The number of rotatable bonds is 10. The summed E-state index contributed by atoms with van der Waals surface area (Å²) in [7, 11) is 0. The molecule has 6 aromatic rings. The molecular formula is C33H31F2N3S3. The number of hydrogen-bond donors (Lipinski definition) is 0. The number of fused-ring (bicyclic) bond motifs is 2. The van der Waals surface area contributed by atoms with Gasteiger partial charge >= 0.3 is 0 Å². The van der Waals surface area contributed by atoms with E-state index in [-0.39, 0.29) is 11.6 Å². The number of benzene rings is 2. The van der Waals surface area contributed by atoms with Gasteiger partial charge in [-0.2, -0.15) is 8.75 Å². The van der Waals surface area contributed by atoms with Crippen molar-refractivity contribution in [2.24, 2.45) is 5.92 Å². The number of pyridine rings is 1. The van der Waals surface area contributed by atoms with Crippen molar-refractivity contribution >= 4 is 54.8 Å². The van der Waals surface area contributed by atoms with Crippen LogP contribution in [0.1, 0.15) is 57.1 Å². The van der Waals surface area contributed by atoms with Crippen LogP contribution in [0.25, 0.3) is 52.6 Å². The van der Waals surface area contributed by atoms with Gasteiger partial charge in [-0.1, -0.05) is 57.7 Å². The molecule has 4 heterocycles. The maximum Gasteiger partial charge on any atom is 0.132 e. The summed E-state index contributed by atoms with van der Waals surface area (Å²) in [6.07, 6.45) is 8.74. The Bertz CT molecular complexity index is 1800. The van der Waals surface area contributed by atoms with Crippen molar-refractivity contribution in [3.05, 3.63) is 77.5 Å². The molecule has 0 saturated heterocycles. The van der Waals surface area contributed by atoms with Crippen LogP contribution in [0.3, 0.4) is 0 Å². The van der Waals surface area contributed by atoms with Crippen LogP contribution in [0, 0.1) is 24.5 Å². The number of nitrogens with zero attached hydrogens (tertiary/aromatic N) is 3. The third-order valence-corrected chi connectivity index (χ3v) is 10.7. The van der Waals surface area contributed by atoms with Crippen LogP contribution in [-0.4, -0.2) is 13.7 Å². The lowest BCUT2D eigenvalue weighted by atomic mass is 9.92. The summed E-state index contributed by atoms with van der Waals surface area (Å²) in [5.74, 6) is 0.241. The second-order valence-corrected chi connectivity index (χ2v) is 13.4. The predicted octanol–water partition coefficient (Wildman–Crippen LogP) is 11.1. The summed E-state index contributed by atoms with van der Waals surface area (Å²) in [5.41, 5.74) is 5.70. The highest BCUT2D eigenvalue weighted by Crippen LogP contribution is 2.44. The topological polar surface area (TPSA) is 38.7 Å². The van der Waals surface area contributed by atoms with Crippen LogP contribution < -0.4 is 0 Å². The van der Waals surface area contributed by atoms with Gasteiger partial charge in [-0.05, 0) is 67.1 Å². The molecule has 4 aromatic heterocycles. The van der Waals surface area contributed by atoms with E-state index in [1.807, 2.05) is 19.1 Å². The molecule has 3 nitrogen and oxygen atoms in total. The van der Waals surface area contributed by atoms with E-state index in [1.54, 1.807) is 41.0 Å². The highest BCUT2D eigenvalue weighted by atomic mass is 32.1. The van der Waals surface area contributed by atoms with E-state index in [1.165, 1.54) is 31.7 Å². The minimum absolute atomic E-state index is 0.156. The summed E-state index contributed by atoms with van der Waals surface area (Å²) in [4.78, 5) is 6.57. The average molecular weight is 604 g/mol. The Morgan fingerprint density at radius 3 is 2.20 bits per heavy atom. The molecule has 6 rings (SSSR count). The lowest BCUT2D eigenvalue weighted by Gasteiger charge is -2.14. The van der Waals surface area contributed by atoms with Crippen molar-refractivity contribution < 1.29 is 8.78 Å². The minimum Gasteiger partial charge on any atom is -0.253 e. The third-order valence-electron chi connectivity index (χ3n) is 7.83. The minimum atomic E-state index is -0.318. The molecular weight excluding hydrogens is 573 g/mol. The first-order valence-corrected chi connectivity index (χ1v) is 16.5. The fourth-order valence-electron chi connectivity index (χ4n) is 5.39. The maximum absolute atomic E-state index is 15.3. The molecule has 0 spiro atoms. The fraction of sp³-hybridized carbons (Fsp3) is 0.303. The van der Waals surface area contributed by atoms with Crippen LogP contribution in [0.2, 0.25) is 0 Å². The Morgan fingerprint density at radius 2 is 1.49 bits per heavy atom. The molecule has 210 valence electrons. The molecule has 1 unspecified atom stereocenters. The summed E-state index contributed by atoms with van der Waals surface area (Å²) < 4.78 is 41.2. The van der Waals surface area contributed by atoms with Crippen LogP contribution in [0.15, 0.2) is 54.7 Å². The average Bonchev–Trinajstić information content (AvgIpc) is 3.69. The first-order valence-electron chi connectivity index (χ1n) is 14.2. The number of aryl methyl sites for hydroxylation is 2. The first-order chi connectivity index (χ1) is 19.9. The lowest BCUT2D eigenvalue weighted by Crippen LogP contribution is -2.01. The third kappa shape index (κ3) is 5.70. The smallest absolute Gasteiger partial charge is 0.132 e. The maximum atomic E-state index is 15.3. The molecule has 0 radical (unpaired) electrons. The zero-order chi connectivity index (χ0) is 28.5. The van der Waals surface area contributed by atoms with E-state index in [9.17, 15) is 4.39 Å². The second kappa shape index (κ2) is 12.0. The van der Waals surface area contributed by atoms with Crippen molar-refractivity contribution in [2.45, 2.75) is 59.3 Å². The Labute approximate surface area is 251 Å². The molecule has 0 aliphatic carbocycles. The summed E-state index contributed by atoms with van der Waals surface area (Å²) in [6, 6.07) is 15.1. The molecule has 0 bridgehead atoms. The number of hydrogen-bond acceptors (Lipinski definition) is 6. The zero-order valence-electron chi connectivity index (χ0n) is 23.3. The largest absolute Gasteiger partial charge is 0.253 e. The molecule has 0 aliphatic rings. The monoisotopic (exact) mass is 603 g/mol. The molecule has 41 heavy (non-hydrogen) atoms. The van der Waals surface area contributed by atoms with Crippen LogP contribution in [-0.2, 0) is 6.42 Å². The number of thiophene rings is 2. The second-order valence-electron chi connectivity index (χ2n) is 10.7. The van der Waals surface area contributed by atoms with Gasteiger partial charge in [0.2, 0.25) is 0 Å². The summed E-state index contributed by atoms with van der Waals surface area (Å²) in [5, 5.41) is 0. The lowest BCUT2D eigenvalue weighted by molar-refractivity contribution is 0.421. The van der Waals surface area contributed by atoms with Gasteiger partial charge in [-0.3, -0.25) is 4.98 Å². The zero-order valence-corrected chi connectivity index (χ0v) is 25.8. The quantitative estimate of drug-likeness (QED) is 0.156. The summed E-state index contributed by atoms with van der Waals surface area (Å²) in [6.45, 7) is 6.35. The van der Waals surface area contributed by atoms with Crippen LogP contribution >= 0.6 is 34.4 Å². The highest BCUT2D eigenvalue weighted by Gasteiger charge is 2.20. The first kappa shape index (κ1) is 28.1. The molecule has 2 aromatic carbocycles. The van der Waals surface area contributed by atoms with Gasteiger partial charge in [0.1, 0.15) is 28.4 Å². The normalized spacial score (nSPS) is 12.5. The van der Waals surface area contributed by atoms with Crippen LogP contribution in [0.4, 0.5) is 8.78 Å². The summed E-state index contributed by atoms with van der Waals surface area (Å²) >= 11 is 4.33. The molecule has 0 amide bonds. The van der Waals surface area contributed by atoms with Gasteiger partial charge < -0.3 is 0 Å². The molecule has 0 saturated carbocycles. The van der Waals surface area contributed by atoms with Gasteiger partial charge in [0.25, 0.3) is 0 Å². The standard InChI is InChI=1S/C33H31F2N3S3/c1-4-6-7-20(5-2)9-10-21-11-13-22(26(35)15-21)27-16-29-30(39-27)17-28(40-29)24-18-36-31(33-32(24)37-41-38-33)23-12-8-19(3)14-25(23)34/h8,11-18,20H,4-7,9-10H2,1-3H3. The van der Waals surface area contributed by atoms with Crippen molar-refractivity contribution in [3.63, 3.8) is 0 Å². The molecule has 0 fully saturated rings. The van der Waals surface area contributed by atoms with Crippen molar-refractivity contribution in [2.75, 3.05) is 0 Å². The van der Waals surface area contributed by atoms with E-state index in [0.717, 1.165) is 65.9 Å². The van der Waals surface area contributed by atoms with E-state index in [0.29, 0.717) is 28.3 Å². The number of unbranched alkanes of at least 4 members (excludes halogenated alkanes) is 1. The van der Waals surface area contributed by atoms with Gasteiger partial charge in [-0.25, -0.2) is 8.78 Å². The fourth-order valence-corrected chi connectivity index (χ4v) is 8.39. The van der Waals surface area contributed by atoms with Crippen molar-refractivity contribution in [3.8, 4) is 32.1 Å². The van der Waals surface area contributed by atoms with E-state index in [2.05, 4.69) is 45.8 Å². The molecule has 1 atom stereocenters. The van der Waals surface area contributed by atoms with E-state index >= 15 is 4.39 Å². The van der Waals surface area contributed by atoms with Crippen LogP contribution in [0.5, 0.6) is 0 Å². The van der Waals surface area contributed by atoms with Crippen molar-refractivity contribution in [1.82, 2.24) is 13.7 Å². The van der Waals surface area contributed by atoms with Gasteiger partial charge in [0, 0.05) is 42.0 Å². The van der Waals surface area contributed by atoms with E-state index < -0.39 is 0 Å². The SMILES string of the molecule is CCCCC(CC)CCc1ccc(-c2cc3sc(-c4cnc(-c5ccc(C)cc5F)c5nsnc45)cc3s2)c(F)c1. The van der Waals surface area contributed by atoms with Gasteiger partial charge in [0.15, 0.2) is 0 Å². The van der Waals surface area contributed by atoms with E-state index in [4.69, 9.17) is 0 Å². The predicted molar refractivity (Wildman–Crippen MR) is 171 cm³/mol. The van der Waals surface area contributed by atoms with Crippen molar-refractivity contribution in [1.29, 1.82) is 0 Å². The van der Waals surface area contributed by atoms with Gasteiger partial charge in [-0.15, -0.1) is 22.7 Å². The highest BCUT2D eigenvalue weighted by molar-refractivity contribution is 7.31. The molecule has 0 aliphatic heterocycles. The Morgan fingerprint density at radius 1 is 0.780 bits per heavy atom. The Balaban J connectivity index is 1.25. The molecule has 8 heteroatoms. The Hall–Kier alpha value is -3.07. The molecule has 0 N–H and O–H groups in total.